The lowest BCUT2D eigenvalue weighted by Crippen LogP contribution is -2.55. The maximum Gasteiger partial charge on any atom is 0.316 e. The number of rotatable bonds is 2. The summed E-state index contributed by atoms with van der Waals surface area (Å²) >= 11 is 0. The molecule has 0 aliphatic heterocycles. The van der Waals surface area contributed by atoms with Crippen LogP contribution in [0.1, 0.15) is 40.0 Å². The third-order valence-corrected chi connectivity index (χ3v) is 7.27. The number of carbonyl (C=O) groups is 2. The van der Waals surface area contributed by atoms with Gasteiger partial charge in [0.15, 0.2) is 0 Å². The highest BCUT2D eigenvalue weighted by molar-refractivity contribution is 6.10. The van der Waals surface area contributed by atoms with Gasteiger partial charge < -0.3 is 9.47 Å². The third kappa shape index (κ3) is 0.746. The number of Topliss-reactive ketones (excluding diaryl/α,β-unsaturated/α-hetero) is 1. The fourth-order valence-corrected chi connectivity index (χ4v) is 6.91. The SMILES string of the molecule is COC(=O)[C@]12C3(CC3)[C@@H]3C(=O)[C@@]1(C)[C@@]2(OC)CC3(C)C. The average molecular weight is 278 g/mol. The molecule has 0 unspecified atom stereocenters. The van der Waals surface area contributed by atoms with Crippen LogP contribution in [-0.2, 0) is 19.1 Å². The van der Waals surface area contributed by atoms with Crippen LogP contribution in [0, 0.1) is 27.6 Å². The Morgan fingerprint density at radius 2 is 1.80 bits per heavy atom. The molecule has 0 aromatic rings. The smallest absolute Gasteiger partial charge is 0.316 e. The zero-order chi connectivity index (χ0) is 14.8. The Bertz CT molecular complexity index is 561. The van der Waals surface area contributed by atoms with Crippen LogP contribution in [-0.4, -0.2) is 31.6 Å². The first kappa shape index (κ1) is 12.8. The Hall–Kier alpha value is -0.900. The van der Waals surface area contributed by atoms with E-state index in [9.17, 15) is 9.59 Å². The van der Waals surface area contributed by atoms with Crippen LogP contribution in [0.3, 0.4) is 0 Å². The molecule has 4 atom stereocenters. The summed E-state index contributed by atoms with van der Waals surface area (Å²) in [6.07, 6.45) is 2.66. The molecule has 5 rings (SSSR count). The Morgan fingerprint density at radius 3 is 2.25 bits per heavy atom. The number of esters is 1. The molecule has 110 valence electrons. The van der Waals surface area contributed by atoms with Gasteiger partial charge in [-0.2, -0.15) is 0 Å². The van der Waals surface area contributed by atoms with Crippen LogP contribution < -0.4 is 0 Å². The first-order valence-electron chi connectivity index (χ1n) is 7.41. The maximum absolute atomic E-state index is 13.1. The Kier molecular flexibility index (Phi) is 1.83. The maximum atomic E-state index is 13.1. The highest BCUT2D eigenvalue weighted by Crippen LogP contribution is 2.98. The lowest BCUT2D eigenvalue weighted by Gasteiger charge is -2.50. The molecule has 1 spiro atoms. The highest BCUT2D eigenvalue weighted by Gasteiger charge is 3.07. The molecule has 0 radical (unpaired) electrons. The minimum absolute atomic E-state index is 0.0175. The van der Waals surface area contributed by atoms with Gasteiger partial charge in [-0.15, -0.1) is 0 Å². The van der Waals surface area contributed by atoms with Gasteiger partial charge in [0, 0.05) is 18.4 Å². The highest BCUT2D eigenvalue weighted by atomic mass is 16.5. The number of hydrogen-bond acceptors (Lipinski definition) is 4. The van der Waals surface area contributed by atoms with E-state index in [2.05, 4.69) is 13.8 Å². The number of methoxy groups -OCH3 is 2. The summed E-state index contributed by atoms with van der Waals surface area (Å²) in [5.41, 5.74) is -2.37. The minimum Gasteiger partial charge on any atom is -0.468 e. The van der Waals surface area contributed by atoms with E-state index in [1.807, 2.05) is 6.92 Å². The summed E-state index contributed by atoms with van der Waals surface area (Å²) in [7, 11) is 3.07. The largest absolute Gasteiger partial charge is 0.468 e. The van der Waals surface area contributed by atoms with Gasteiger partial charge in [0.05, 0.1) is 18.1 Å². The van der Waals surface area contributed by atoms with Gasteiger partial charge in [0.25, 0.3) is 0 Å². The molecule has 4 nitrogen and oxygen atoms in total. The number of carbonyl (C=O) groups excluding carboxylic acids is 2. The van der Waals surface area contributed by atoms with Gasteiger partial charge in [-0.3, -0.25) is 9.59 Å². The van der Waals surface area contributed by atoms with Crippen molar-refractivity contribution < 1.29 is 19.1 Å². The normalized spacial score (nSPS) is 52.0. The van der Waals surface area contributed by atoms with Crippen molar-refractivity contribution in [3.8, 4) is 0 Å². The molecule has 4 heteroatoms. The van der Waals surface area contributed by atoms with Gasteiger partial charge in [0.1, 0.15) is 11.2 Å². The van der Waals surface area contributed by atoms with E-state index in [0.717, 1.165) is 19.3 Å². The molecule has 5 saturated carbocycles. The van der Waals surface area contributed by atoms with E-state index in [4.69, 9.17) is 9.47 Å². The van der Waals surface area contributed by atoms with Crippen LogP contribution in [0.25, 0.3) is 0 Å². The second-order valence-corrected chi connectivity index (χ2v) is 8.02. The molecule has 20 heavy (non-hydrogen) atoms. The van der Waals surface area contributed by atoms with Gasteiger partial charge in [-0.25, -0.2) is 0 Å². The van der Waals surface area contributed by atoms with Gasteiger partial charge in [0.2, 0.25) is 0 Å². The lowest BCUT2D eigenvalue weighted by atomic mass is 9.55. The fraction of sp³-hybridized carbons (Fsp3) is 0.875. The van der Waals surface area contributed by atoms with E-state index in [0.29, 0.717) is 0 Å². The van der Waals surface area contributed by atoms with Crippen LogP contribution >= 0.6 is 0 Å². The fourth-order valence-electron chi connectivity index (χ4n) is 6.91. The van der Waals surface area contributed by atoms with Crippen molar-refractivity contribution in [2.45, 2.75) is 45.6 Å². The van der Waals surface area contributed by atoms with Crippen molar-refractivity contribution in [1.82, 2.24) is 0 Å². The molecule has 0 aromatic carbocycles. The van der Waals surface area contributed by atoms with E-state index in [1.54, 1.807) is 7.11 Å². The van der Waals surface area contributed by atoms with Gasteiger partial charge in [-0.1, -0.05) is 13.8 Å². The van der Waals surface area contributed by atoms with Crippen LogP contribution in [0.4, 0.5) is 0 Å². The summed E-state index contributed by atoms with van der Waals surface area (Å²) in [5.74, 6) is -0.0136. The molecule has 0 aromatic heterocycles. The molecule has 5 aliphatic carbocycles. The standard InChI is InChI=1S/C16H22O4/c1-12(2)8-15(20-5)13(3)10(17)9(12)14(6-7-14)16(13,15)11(18)19-4/h9H,6-8H2,1-5H3/t9-,13+,15+,16-/m1/s1. The van der Waals surface area contributed by atoms with Crippen molar-refractivity contribution in [1.29, 1.82) is 0 Å². The topological polar surface area (TPSA) is 52.6 Å². The summed E-state index contributed by atoms with van der Waals surface area (Å²) in [6.45, 7) is 6.23. The number of ketones is 1. The van der Waals surface area contributed by atoms with Crippen molar-refractivity contribution in [2.75, 3.05) is 14.2 Å². The monoisotopic (exact) mass is 278 g/mol. The summed E-state index contributed by atoms with van der Waals surface area (Å²) < 4.78 is 11.0. The first-order valence-corrected chi connectivity index (χ1v) is 7.41. The Balaban J connectivity index is 2.02. The molecule has 0 N–H and O–H groups in total. The molecule has 0 heterocycles. The van der Waals surface area contributed by atoms with Crippen LogP contribution in [0.15, 0.2) is 0 Å². The molecule has 0 amide bonds. The first-order chi connectivity index (χ1) is 9.23. The summed E-state index contributed by atoms with van der Waals surface area (Å²) in [5, 5.41) is 0. The van der Waals surface area contributed by atoms with E-state index < -0.39 is 16.4 Å². The zero-order valence-corrected chi connectivity index (χ0v) is 12.8. The lowest BCUT2D eigenvalue weighted by molar-refractivity contribution is -0.170. The summed E-state index contributed by atoms with van der Waals surface area (Å²) in [4.78, 5) is 25.8. The summed E-state index contributed by atoms with van der Waals surface area (Å²) in [6, 6.07) is 0. The third-order valence-electron chi connectivity index (χ3n) is 7.27. The second-order valence-electron chi connectivity index (χ2n) is 8.02. The Labute approximate surface area is 119 Å². The zero-order valence-electron chi connectivity index (χ0n) is 12.8. The molecule has 0 saturated heterocycles. The Morgan fingerprint density at radius 1 is 1.20 bits per heavy atom. The predicted molar refractivity (Wildman–Crippen MR) is 70.9 cm³/mol. The van der Waals surface area contributed by atoms with E-state index in [-0.39, 0.29) is 28.5 Å². The predicted octanol–water partition coefficient (Wildman–Crippen LogP) is 1.96. The van der Waals surface area contributed by atoms with E-state index >= 15 is 0 Å². The molecule has 5 aliphatic rings. The number of hydrogen-bond donors (Lipinski definition) is 0. The van der Waals surface area contributed by atoms with E-state index in [1.165, 1.54) is 7.11 Å². The van der Waals surface area contributed by atoms with Crippen molar-refractivity contribution in [2.24, 2.45) is 27.6 Å². The van der Waals surface area contributed by atoms with Crippen LogP contribution in [0.5, 0.6) is 0 Å². The number of ether oxygens (including phenoxy) is 2. The van der Waals surface area contributed by atoms with Crippen molar-refractivity contribution in [3.05, 3.63) is 0 Å². The quantitative estimate of drug-likeness (QED) is 0.725. The number of fused-ring (bicyclic) bond motifs is 1. The minimum atomic E-state index is -0.728. The second kappa shape index (κ2) is 2.85. The average Bonchev–Trinajstić information content (AvgIpc) is 3.22. The van der Waals surface area contributed by atoms with Crippen LogP contribution in [0.2, 0.25) is 0 Å². The van der Waals surface area contributed by atoms with Gasteiger partial charge in [-0.05, 0) is 31.6 Å². The van der Waals surface area contributed by atoms with Gasteiger partial charge >= 0.3 is 5.97 Å². The molecule has 4 bridgehead atoms. The molecular formula is C16H22O4. The molecule has 5 fully saturated rings. The van der Waals surface area contributed by atoms with Crippen molar-refractivity contribution >= 4 is 11.8 Å². The molecular weight excluding hydrogens is 256 g/mol. The van der Waals surface area contributed by atoms with Crippen molar-refractivity contribution in [3.63, 3.8) is 0 Å².